The number of rotatable bonds is 1. The molecule has 1 aliphatic heterocycles. The van der Waals surface area contributed by atoms with Crippen LogP contribution >= 0.6 is 20.7 Å². The normalized spacial score (nSPS) is 18.5. The Balaban J connectivity index is 2.96. The molecule has 56 valence electrons. The lowest BCUT2D eigenvalue weighted by Crippen LogP contribution is -3.59. The molecule has 0 nitrogen and oxygen atoms in total. The molecule has 0 atom stereocenters. The lowest BCUT2D eigenvalue weighted by Gasteiger charge is -1.97. The van der Waals surface area contributed by atoms with Gasteiger partial charge in [0.1, 0.15) is 4.93 Å². The van der Waals surface area contributed by atoms with E-state index < -0.39 is 0 Å². The molecule has 1 heterocycles. The summed E-state index contributed by atoms with van der Waals surface area (Å²) in [5.74, 6) is 0. The molecule has 0 saturated carbocycles. The second-order valence-electron chi connectivity index (χ2n) is 2.15. The van der Waals surface area contributed by atoms with Crippen LogP contribution in [0.2, 0.25) is 0 Å². The highest BCUT2D eigenvalue weighted by Gasteiger charge is 2.12. The van der Waals surface area contributed by atoms with Crippen molar-refractivity contribution in [1.82, 2.24) is 0 Å². The van der Waals surface area contributed by atoms with Gasteiger partial charge in [-0.3, -0.25) is 0 Å². The number of hydrogen-bond donors (Lipinski definition) is 0. The molecular formula is C8H11I2+. The van der Waals surface area contributed by atoms with Crippen LogP contribution in [0.3, 0.4) is 0 Å². The van der Waals surface area contributed by atoms with Gasteiger partial charge in [0.05, 0.1) is 0 Å². The third-order valence-electron chi connectivity index (χ3n) is 1.26. The van der Waals surface area contributed by atoms with Crippen molar-refractivity contribution < 1.29 is 21.2 Å². The minimum absolute atomic E-state index is 0.304. The van der Waals surface area contributed by atoms with Crippen LogP contribution in [0, 0.1) is 0 Å². The lowest BCUT2D eigenvalue weighted by atomic mass is 10.3. The Morgan fingerprint density at radius 3 is 2.50 bits per heavy atom. The summed E-state index contributed by atoms with van der Waals surface area (Å²) < 4.78 is 3.44. The standard InChI is InChI=1S/C8H11I2/c1-6-4-5-7(2)10-8(6)9-3/h4-5H,1-3H3/q+1. The predicted molar refractivity (Wildman–Crippen MR) is 52.5 cm³/mol. The number of hydrogen-bond acceptors (Lipinski definition) is 0. The smallest absolute Gasteiger partial charge is 0.0536 e. The zero-order chi connectivity index (χ0) is 7.56. The van der Waals surface area contributed by atoms with Crippen molar-refractivity contribution in [3.63, 3.8) is 0 Å². The number of halogens is 2. The Labute approximate surface area is 82.8 Å². The Kier molecular flexibility index (Phi) is 3.55. The van der Waals surface area contributed by atoms with E-state index in [0.717, 1.165) is 0 Å². The van der Waals surface area contributed by atoms with Crippen molar-refractivity contribution in [3.8, 4) is 0 Å². The summed E-state index contributed by atoms with van der Waals surface area (Å²) in [5, 5.41) is 0. The minimum Gasteiger partial charge on any atom is -0.0536 e. The summed E-state index contributed by atoms with van der Waals surface area (Å²) >= 11 is 0.679. The van der Waals surface area contributed by atoms with Crippen molar-refractivity contribution in [3.05, 3.63) is 19.3 Å². The van der Waals surface area contributed by atoms with Crippen LogP contribution in [-0.2, 0) is 0 Å². The van der Waals surface area contributed by atoms with Crippen molar-refractivity contribution in [2.75, 3.05) is 4.93 Å². The van der Waals surface area contributed by atoms with Gasteiger partial charge in [0.25, 0.3) is 0 Å². The highest BCUT2D eigenvalue weighted by molar-refractivity contribution is 14.2. The average molecular weight is 361 g/mol. The molecule has 0 saturated heterocycles. The quantitative estimate of drug-likeness (QED) is 0.444. The van der Waals surface area contributed by atoms with Crippen LogP contribution in [0.25, 0.3) is 0 Å². The average Bonchev–Trinajstić information content (AvgIpc) is 1.94. The molecular weight excluding hydrogens is 350 g/mol. The van der Waals surface area contributed by atoms with E-state index in [2.05, 4.69) is 30.9 Å². The van der Waals surface area contributed by atoms with E-state index in [1.165, 1.54) is 0 Å². The van der Waals surface area contributed by atoms with Gasteiger partial charge in [0.2, 0.25) is 1.59 Å². The molecule has 0 aromatic heterocycles. The highest BCUT2D eigenvalue weighted by Crippen LogP contribution is 2.18. The number of allylic oxidation sites excluding steroid dienone is 3. The van der Waals surface area contributed by atoms with E-state index in [1.807, 2.05) is 1.59 Å². The fourth-order valence-corrected chi connectivity index (χ4v) is 7.20. The highest BCUT2D eigenvalue weighted by atomic mass is 127. The van der Waals surface area contributed by atoms with Gasteiger partial charge < -0.3 is 0 Å². The molecule has 0 amide bonds. The molecule has 0 bridgehead atoms. The Morgan fingerprint density at radius 2 is 2.00 bits per heavy atom. The molecule has 1 aliphatic rings. The van der Waals surface area contributed by atoms with Gasteiger partial charge >= 0.3 is 21.2 Å². The molecule has 0 spiro atoms. The first-order valence-electron chi connectivity index (χ1n) is 3.11. The zero-order valence-electron chi connectivity index (χ0n) is 6.41. The molecule has 10 heavy (non-hydrogen) atoms. The second kappa shape index (κ2) is 3.99. The SMILES string of the molecule is C[I+]C1=C(C)C=CC(C)=I1. The van der Waals surface area contributed by atoms with Gasteiger partial charge in [-0.2, -0.15) is 0 Å². The summed E-state index contributed by atoms with van der Waals surface area (Å²) in [6.07, 6.45) is 4.56. The maximum Gasteiger partial charge on any atom is 0.316 e. The van der Waals surface area contributed by atoms with Gasteiger partial charge in [-0.05, 0) is 38.1 Å². The molecule has 0 fully saturated rings. The van der Waals surface area contributed by atoms with Gasteiger partial charge in [0, 0.05) is 5.57 Å². The summed E-state index contributed by atoms with van der Waals surface area (Å²) in [6, 6.07) is 0. The molecule has 0 aliphatic carbocycles. The Hall–Kier alpha value is 0.810. The Morgan fingerprint density at radius 1 is 1.30 bits per heavy atom. The van der Waals surface area contributed by atoms with E-state index >= 15 is 0 Å². The summed E-state index contributed by atoms with van der Waals surface area (Å²) in [4.78, 5) is 2.36. The number of alkyl halides is 1. The summed E-state index contributed by atoms with van der Waals surface area (Å²) in [5.41, 5.74) is 1.56. The molecule has 2 heteroatoms. The first-order valence-corrected chi connectivity index (χ1v) is 8.50. The van der Waals surface area contributed by atoms with E-state index in [0.29, 0.717) is 41.9 Å². The minimum atomic E-state index is 0.304. The lowest BCUT2D eigenvalue weighted by molar-refractivity contribution is -0.561. The van der Waals surface area contributed by atoms with Crippen LogP contribution in [0.5, 0.6) is 0 Å². The Bertz CT molecular complexity index is 221. The van der Waals surface area contributed by atoms with Crippen LogP contribution in [-0.4, -0.2) is 8.44 Å². The second-order valence-corrected chi connectivity index (χ2v) is 9.69. The van der Waals surface area contributed by atoms with Crippen LogP contribution in [0.15, 0.2) is 19.3 Å². The first-order chi connectivity index (χ1) is 4.74. The maximum atomic E-state index is 2.36. The topological polar surface area (TPSA) is 0 Å². The van der Waals surface area contributed by atoms with Crippen molar-refractivity contribution >= 4 is 24.2 Å². The van der Waals surface area contributed by atoms with E-state index in [4.69, 9.17) is 0 Å². The third kappa shape index (κ3) is 2.15. The molecule has 0 unspecified atom stereocenters. The van der Waals surface area contributed by atoms with Crippen LogP contribution in [0.4, 0.5) is 0 Å². The first kappa shape index (κ1) is 8.90. The molecule has 0 aromatic carbocycles. The van der Waals surface area contributed by atoms with Gasteiger partial charge in [0.15, 0.2) is 0 Å². The van der Waals surface area contributed by atoms with E-state index in [1.54, 1.807) is 9.08 Å². The molecule has 0 radical (unpaired) electrons. The summed E-state index contributed by atoms with van der Waals surface area (Å²) in [6.45, 7) is 4.51. The van der Waals surface area contributed by atoms with E-state index in [-0.39, 0.29) is 0 Å². The largest absolute Gasteiger partial charge is 0.316 e. The van der Waals surface area contributed by atoms with Crippen LogP contribution in [0.1, 0.15) is 13.8 Å². The maximum absolute atomic E-state index is 2.36. The monoisotopic (exact) mass is 361 g/mol. The van der Waals surface area contributed by atoms with Gasteiger partial charge in [-0.25, -0.2) is 0 Å². The third-order valence-corrected chi connectivity index (χ3v) is 9.69. The van der Waals surface area contributed by atoms with Gasteiger partial charge in [-0.1, -0.05) is 12.2 Å². The molecule has 1 rings (SSSR count). The zero-order valence-corrected chi connectivity index (χ0v) is 10.7. The molecule has 0 aromatic rings. The van der Waals surface area contributed by atoms with Crippen molar-refractivity contribution in [2.24, 2.45) is 0 Å². The van der Waals surface area contributed by atoms with Crippen molar-refractivity contribution in [1.29, 1.82) is 0 Å². The van der Waals surface area contributed by atoms with Crippen LogP contribution < -0.4 is 21.2 Å². The fourth-order valence-electron chi connectivity index (χ4n) is 0.724. The molecule has 0 N–H and O–H groups in total. The summed E-state index contributed by atoms with van der Waals surface area (Å²) in [7, 11) is 0. The van der Waals surface area contributed by atoms with E-state index in [9.17, 15) is 0 Å². The fraction of sp³-hybridized carbons (Fsp3) is 0.375. The van der Waals surface area contributed by atoms with Crippen molar-refractivity contribution in [2.45, 2.75) is 13.8 Å². The predicted octanol–water partition coefficient (Wildman–Crippen LogP) is -0.331. The van der Waals surface area contributed by atoms with Gasteiger partial charge in [-0.15, -0.1) is 0 Å².